The summed E-state index contributed by atoms with van der Waals surface area (Å²) in [6, 6.07) is 2.87. The molecule has 2 aromatic rings. The van der Waals surface area contributed by atoms with Crippen molar-refractivity contribution in [1.29, 1.82) is 0 Å². The molecule has 0 radical (unpaired) electrons. The fourth-order valence-electron chi connectivity index (χ4n) is 5.90. The summed E-state index contributed by atoms with van der Waals surface area (Å²) in [6.07, 6.45) is 3.89. The van der Waals surface area contributed by atoms with Crippen LogP contribution in [0.3, 0.4) is 0 Å². The van der Waals surface area contributed by atoms with E-state index in [0.29, 0.717) is 12.0 Å². The van der Waals surface area contributed by atoms with Crippen molar-refractivity contribution >= 4 is 17.2 Å². The van der Waals surface area contributed by atoms with Gasteiger partial charge in [0.1, 0.15) is 6.54 Å². The Morgan fingerprint density at radius 3 is 2.89 bits per heavy atom. The monoisotopic (exact) mass is 510 g/mol. The summed E-state index contributed by atoms with van der Waals surface area (Å²) in [5, 5.41) is 6.59. The van der Waals surface area contributed by atoms with Crippen LogP contribution < -0.4 is 5.32 Å². The third kappa shape index (κ3) is 5.29. The number of carbonyl (C=O) groups is 1. The molecule has 3 aliphatic rings. The van der Waals surface area contributed by atoms with Crippen LogP contribution in [0.4, 0.5) is 13.2 Å². The Balaban J connectivity index is 1.10. The van der Waals surface area contributed by atoms with Gasteiger partial charge in [-0.2, -0.15) is 18.3 Å². The first-order valence-electron chi connectivity index (χ1n) is 12.5. The highest BCUT2D eigenvalue weighted by Gasteiger charge is 2.45. The molecule has 192 valence electrons. The zero-order valence-electron chi connectivity index (χ0n) is 20.2. The number of rotatable bonds is 6. The number of alkyl halides is 3. The molecule has 2 aromatic heterocycles. The first-order valence-corrected chi connectivity index (χ1v) is 13.4. The first kappa shape index (κ1) is 24.8. The van der Waals surface area contributed by atoms with Crippen LogP contribution in [-0.4, -0.2) is 58.5 Å². The van der Waals surface area contributed by atoms with E-state index in [4.69, 9.17) is 4.74 Å². The Morgan fingerprint density at radius 1 is 1.37 bits per heavy atom. The Labute approximate surface area is 207 Å². The molecule has 1 saturated carbocycles. The predicted octanol–water partition coefficient (Wildman–Crippen LogP) is 4.53. The van der Waals surface area contributed by atoms with Gasteiger partial charge in [0.05, 0.1) is 24.0 Å². The van der Waals surface area contributed by atoms with E-state index >= 15 is 0 Å². The van der Waals surface area contributed by atoms with Crippen molar-refractivity contribution in [2.45, 2.75) is 82.8 Å². The van der Waals surface area contributed by atoms with E-state index in [-0.39, 0.29) is 23.1 Å². The molecule has 10 heteroatoms. The quantitative estimate of drug-likeness (QED) is 0.621. The number of ether oxygens (including phenoxy) is 1. The molecule has 2 aliphatic heterocycles. The molecule has 0 unspecified atom stereocenters. The summed E-state index contributed by atoms with van der Waals surface area (Å²) < 4.78 is 44.7. The van der Waals surface area contributed by atoms with Crippen LogP contribution in [0.25, 0.3) is 0 Å². The second-order valence-corrected chi connectivity index (χ2v) is 11.6. The number of hydrogen-bond acceptors (Lipinski definition) is 5. The van der Waals surface area contributed by atoms with E-state index in [1.54, 1.807) is 0 Å². The van der Waals surface area contributed by atoms with Crippen molar-refractivity contribution < 1.29 is 22.7 Å². The van der Waals surface area contributed by atoms with Crippen LogP contribution in [0, 0.1) is 5.92 Å². The zero-order chi connectivity index (χ0) is 24.8. The number of nitrogens with zero attached hydrogens (tertiary/aromatic N) is 3. The minimum absolute atomic E-state index is 0.0624. The maximum atomic E-state index is 12.5. The summed E-state index contributed by atoms with van der Waals surface area (Å²) in [6.45, 7) is 6.13. The van der Waals surface area contributed by atoms with Crippen LogP contribution in [-0.2, 0) is 29.7 Å². The molecule has 6 nitrogen and oxygen atoms in total. The smallest absolute Gasteiger partial charge is 0.370 e. The Hall–Kier alpha value is -1.91. The molecule has 35 heavy (non-hydrogen) atoms. The lowest BCUT2D eigenvalue weighted by atomic mass is 9.76. The molecule has 1 amide bonds. The molecule has 1 saturated heterocycles. The van der Waals surface area contributed by atoms with E-state index in [1.807, 2.05) is 11.3 Å². The molecule has 1 aliphatic carbocycles. The lowest BCUT2D eigenvalue weighted by Gasteiger charge is -2.49. The van der Waals surface area contributed by atoms with Crippen molar-refractivity contribution in [3.05, 3.63) is 39.3 Å². The third-order valence-electron chi connectivity index (χ3n) is 7.76. The van der Waals surface area contributed by atoms with Gasteiger partial charge in [0, 0.05) is 47.5 Å². The minimum Gasteiger partial charge on any atom is -0.370 e. The lowest BCUT2D eigenvalue weighted by Crippen LogP contribution is -2.54. The van der Waals surface area contributed by atoms with Gasteiger partial charge >= 0.3 is 6.18 Å². The van der Waals surface area contributed by atoms with E-state index in [0.717, 1.165) is 69.1 Å². The fraction of sp³-hybridized carbons (Fsp3) is 0.680. The van der Waals surface area contributed by atoms with E-state index in [2.05, 4.69) is 35.2 Å². The number of piperidine rings is 1. The van der Waals surface area contributed by atoms with Crippen molar-refractivity contribution in [1.82, 2.24) is 20.0 Å². The highest BCUT2D eigenvalue weighted by Crippen LogP contribution is 2.46. The number of likely N-dealkylation sites (tertiary alicyclic amines) is 1. The molecule has 5 rings (SSSR count). The molecule has 4 heterocycles. The van der Waals surface area contributed by atoms with E-state index < -0.39 is 12.7 Å². The van der Waals surface area contributed by atoms with Crippen LogP contribution >= 0.6 is 11.3 Å². The number of hydrogen-bond donors (Lipinski definition) is 1. The summed E-state index contributed by atoms with van der Waals surface area (Å²) >= 11 is 1.95. The van der Waals surface area contributed by atoms with E-state index in [1.165, 1.54) is 21.5 Å². The Bertz CT molecular complexity index is 1060. The average Bonchev–Trinajstić information content (AvgIpc) is 3.40. The second kappa shape index (κ2) is 9.52. The number of nitrogens with one attached hydrogen (secondary N) is 1. The number of fused-ring (bicyclic) bond motifs is 2. The van der Waals surface area contributed by atoms with Crippen LogP contribution in [0.2, 0.25) is 0 Å². The van der Waals surface area contributed by atoms with Gasteiger partial charge in [-0.25, -0.2) is 0 Å². The van der Waals surface area contributed by atoms with Crippen LogP contribution in [0.5, 0.6) is 0 Å². The summed E-state index contributed by atoms with van der Waals surface area (Å²) in [7, 11) is 0. The SMILES string of the molecule is CCc1cc2c(s1)CCO[C@@]21CCN(CC2CC(NC(=O)c3cnn(CC(F)(F)F)c3)C2)[C@@H](C)C1. The number of thiophene rings is 1. The largest absolute Gasteiger partial charge is 0.408 e. The standard InChI is InChI=1S/C25H33F3N4O2S/c1-3-20-10-21-22(35-20)4-7-34-24(21)5-6-31(16(2)11-24)13-17-8-19(9-17)30-23(33)18-12-29-32(14-18)15-25(26,27)28/h10,12,14,16-17,19H,3-9,11,13,15H2,1-2H3,(H,30,33)/t16-,17?,19?,24+/m0/s1. The van der Waals surface area contributed by atoms with Gasteiger partial charge in [0.2, 0.25) is 0 Å². The van der Waals surface area contributed by atoms with Crippen molar-refractivity contribution in [2.24, 2.45) is 5.92 Å². The third-order valence-corrected chi connectivity index (χ3v) is 9.10. The van der Waals surface area contributed by atoms with Gasteiger partial charge in [-0.05, 0) is 56.6 Å². The number of aryl methyl sites for hydroxylation is 1. The molecule has 1 N–H and O–H groups in total. The maximum Gasteiger partial charge on any atom is 0.408 e. The summed E-state index contributed by atoms with van der Waals surface area (Å²) in [4.78, 5) is 17.9. The van der Waals surface area contributed by atoms with Gasteiger partial charge in [-0.3, -0.25) is 9.48 Å². The fourth-order valence-corrected chi connectivity index (χ4v) is 7.08. The molecule has 0 aromatic carbocycles. The van der Waals surface area contributed by atoms with Crippen molar-refractivity contribution in [3.63, 3.8) is 0 Å². The topological polar surface area (TPSA) is 59.4 Å². The van der Waals surface area contributed by atoms with Gasteiger partial charge in [0.15, 0.2) is 0 Å². The van der Waals surface area contributed by atoms with Crippen LogP contribution in [0.1, 0.15) is 65.2 Å². The van der Waals surface area contributed by atoms with E-state index in [9.17, 15) is 18.0 Å². The van der Waals surface area contributed by atoms with Crippen LogP contribution in [0.15, 0.2) is 18.5 Å². The molecular formula is C25H33F3N4O2S. The number of aromatic nitrogens is 2. The predicted molar refractivity (Wildman–Crippen MR) is 128 cm³/mol. The first-order chi connectivity index (χ1) is 16.6. The summed E-state index contributed by atoms with van der Waals surface area (Å²) in [5.41, 5.74) is 1.46. The highest BCUT2D eigenvalue weighted by molar-refractivity contribution is 7.12. The van der Waals surface area contributed by atoms with Gasteiger partial charge in [0.25, 0.3) is 5.91 Å². The second-order valence-electron chi connectivity index (χ2n) is 10.3. The highest BCUT2D eigenvalue weighted by atomic mass is 32.1. The van der Waals surface area contributed by atoms with Gasteiger partial charge < -0.3 is 15.0 Å². The van der Waals surface area contributed by atoms with Gasteiger partial charge in [-0.15, -0.1) is 11.3 Å². The Morgan fingerprint density at radius 2 is 2.17 bits per heavy atom. The van der Waals surface area contributed by atoms with Gasteiger partial charge in [-0.1, -0.05) is 6.92 Å². The number of amides is 1. The zero-order valence-corrected chi connectivity index (χ0v) is 21.1. The normalized spacial score (nSPS) is 29.1. The van der Waals surface area contributed by atoms with Crippen molar-refractivity contribution in [2.75, 3.05) is 19.7 Å². The molecular weight excluding hydrogens is 477 g/mol. The Kier molecular flexibility index (Phi) is 6.74. The number of halogens is 3. The molecule has 0 bridgehead atoms. The number of carbonyl (C=O) groups excluding carboxylic acids is 1. The molecule has 2 fully saturated rings. The lowest BCUT2D eigenvalue weighted by molar-refractivity contribution is -0.142. The molecule has 2 atom stereocenters. The molecule has 1 spiro atoms. The van der Waals surface area contributed by atoms with Crippen molar-refractivity contribution in [3.8, 4) is 0 Å². The maximum absolute atomic E-state index is 12.5. The average molecular weight is 511 g/mol. The summed E-state index contributed by atoms with van der Waals surface area (Å²) in [5.74, 6) is 0.156. The minimum atomic E-state index is -4.36.